The molecule has 0 aliphatic heterocycles. The lowest BCUT2D eigenvalue weighted by Gasteiger charge is -1.94. The fourth-order valence-electron chi connectivity index (χ4n) is 0.906. The second-order valence-corrected chi connectivity index (χ2v) is 4.80. The Labute approximate surface area is 88.0 Å². The van der Waals surface area contributed by atoms with Gasteiger partial charge in [0.15, 0.2) is 3.92 Å². The number of hydrogen-bond donors (Lipinski definition) is 0. The lowest BCUT2D eigenvalue weighted by Crippen LogP contribution is -1.85. The Morgan fingerprint density at radius 3 is 2.38 bits per heavy atom. The van der Waals surface area contributed by atoms with Crippen molar-refractivity contribution < 1.29 is 0 Å². The summed E-state index contributed by atoms with van der Waals surface area (Å²) in [5.41, 5.74) is 1.01. The van der Waals surface area contributed by atoms with Gasteiger partial charge >= 0.3 is 0 Å². The van der Waals surface area contributed by atoms with Gasteiger partial charge in [-0.15, -0.1) is 11.3 Å². The van der Waals surface area contributed by atoms with Crippen LogP contribution in [0.2, 0.25) is 0 Å². The van der Waals surface area contributed by atoms with Crippen LogP contribution in [-0.2, 0) is 0 Å². The van der Waals surface area contributed by atoms with Crippen LogP contribution in [0.3, 0.4) is 0 Å². The molecule has 3 nitrogen and oxygen atoms in total. The van der Waals surface area contributed by atoms with Gasteiger partial charge in [0.2, 0.25) is 0 Å². The van der Waals surface area contributed by atoms with Gasteiger partial charge in [0.1, 0.15) is 5.82 Å². The molecule has 0 bridgehead atoms. The molecule has 13 heavy (non-hydrogen) atoms. The summed E-state index contributed by atoms with van der Waals surface area (Å²) in [6.07, 6.45) is 5.42. The van der Waals surface area contributed by atoms with Crippen molar-refractivity contribution in [3.8, 4) is 10.4 Å². The minimum absolute atomic E-state index is 0.785. The van der Waals surface area contributed by atoms with Crippen molar-refractivity contribution >= 4 is 27.3 Å². The highest BCUT2D eigenvalue weighted by molar-refractivity contribution is 9.11. The first-order chi connectivity index (χ1) is 6.25. The molecule has 0 spiro atoms. The van der Waals surface area contributed by atoms with E-state index < -0.39 is 0 Å². The van der Waals surface area contributed by atoms with E-state index >= 15 is 0 Å². The summed E-state index contributed by atoms with van der Waals surface area (Å²) >= 11 is 4.88. The second-order valence-electron chi connectivity index (χ2n) is 2.50. The minimum atomic E-state index is 0.785. The first-order valence-corrected chi connectivity index (χ1v) is 5.27. The van der Waals surface area contributed by atoms with Crippen LogP contribution in [0.4, 0.5) is 0 Å². The van der Waals surface area contributed by atoms with E-state index in [4.69, 9.17) is 0 Å². The standard InChI is InChI=1S/C8H6BrN3S/c1-5-10-2-6(3-11-5)7-4-12-8(9)13-7/h2-4H,1H3. The van der Waals surface area contributed by atoms with Crippen LogP contribution in [0.15, 0.2) is 22.5 Å². The van der Waals surface area contributed by atoms with Gasteiger partial charge in [-0.25, -0.2) is 15.0 Å². The molecule has 0 amide bonds. The highest BCUT2D eigenvalue weighted by Gasteiger charge is 2.02. The Hall–Kier alpha value is -0.810. The van der Waals surface area contributed by atoms with Crippen LogP contribution in [0.5, 0.6) is 0 Å². The first-order valence-electron chi connectivity index (χ1n) is 3.66. The molecule has 66 valence electrons. The van der Waals surface area contributed by atoms with Crippen molar-refractivity contribution in [2.45, 2.75) is 6.92 Å². The summed E-state index contributed by atoms with van der Waals surface area (Å²) in [4.78, 5) is 13.4. The maximum Gasteiger partial charge on any atom is 0.159 e. The molecule has 0 aliphatic rings. The molecular formula is C8H6BrN3S. The molecule has 2 heterocycles. The number of halogens is 1. The minimum Gasteiger partial charge on any atom is -0.241 e. The third-order valence-corrected chi connectivity index (χ3v) is 3.07. The van der Waals surface area contributed by atoms with E-state index in [-0.39, 0.29) is 0 Å². The van der Waals surface area contributed by atoms with E-state index in [0.29, 0.717) is 0 Å². The Morgan fingerprint density at radius 2 is 1.85 bits per heavy atom. The summed E-state index contributed by atoms with van der Waals surface area (Å²) in [5.74, 6) is 0.785. The van der Waals surface area contributed by atoms with Crippen molar-refractivity contribution in [3.63, 3.8) is 0 Å². The van der Waals surface area contributed by atoms with Gasteiger partial charge in [0.05, 0.1) is 4.88 Å². The molecule has 0 aromatic carbocycles. The molecule has 0 aliphatic carbocycles. The average Bonchev–Trinajstić information content (AvgIpc) is 2.53. The summed E-state index contributed by atoms with van der Waals surface area (Å²) in [7, 11) is 0. The quantitative estimate of drug-likeness (QED) is 0.787. The zero-order valence-electron chi connectivity index (χ0n) is 6.86. The Morgan fingerprint density at radius 1 is 1.15 bits per heavy atom. The topological polar surface area (TPSA) is 38.7 Å². The molecule has 2 aromatic rings. The normalized spacial score (nSPS) is 10.3. The summed E-state index contributed by atoms with van der Waals surface area (Å²) < 4.78 is 0.878. The van der Waals surface area contributed by atoms with Crippen LogP contribution in [0.1, 0.15) is 5.82 Å². The monoisotopic (exact) mass is 255 g/mol. The summed E-state index contributed by atoms with van der Waals surface area (Å²) in [5, 5.41) is 0. The molecule has 0 atom stereocenters. The number of aromatic nitrogens is 3. The van der Waals surface area contributed by atoms with Gasteiger partial charge in [-0.1, -0.05) is 0 Å². The number of rotatable bonds is 1. The van der Waals surface area contributed by atoms with Crippen molar-refractivity contribution in [1.29, 1.82) is 0 Å². The van der Waals surface area contributed by atoms with E-state index in [2.05, 4.69) is 30.9 Å². The third kappa shape index (κ3) is 1.92. The maximum atomic E-state index is 4.12. The molecule has 2 aromatic heterocycles. The summed E-state index contributed by atoms with van der Waals surface area (Å²) in [6, 6.07) is 0. The van der Waals surface area contributed by atoms with Crippen molar-refractivity contribution in [3.05, 3.63) is 28.3 Å². The lowest BCUT2D eigenvalue weighted by molar-refractivity contribution is 1.06. The van der Waals surface area contributed by atoms with Crippen LogP contribution >= 0.6 is 27.3 Å². The van der Waals surface area contributed by atoms with Crippen LogP contribution < -0.4 is 0 Å². The summed E-state index contributed by atoms with van der Waals surface area (Å²) in [6.45, 7) is 1.87. The van der Waals surface area contributed by atoms with Crippen molar-refractivity contribution in [1.82, 2.24) is 15.0 Å². The maximum absolute atomic E-state index is 4.12. The molecule has 0 saturated heterocycles. The van der Waals surface area contributed by atoms with E-state index in [1.54, 1.807) is 11.3 Å². The molecule has 2 rings (SSSR count). The third-order valence-electron chi connectivity index (χ3n) is 1.54. The van der Waals surface area contributed by atoms with Crippen LogP contribution in [0, 0.1) is 6.92 Å². The van der Waals surface area contributed by atoms with E-state index in [9.17, 15) is 0 Å². The molecule has 0 fully saturated rings. The molecule has 5 heteroatoms. The Bertz CT molecular complexity index is 410. The fraction of sp³-hybridized carbons (Fsp3) is 0.125. The number of aryl methyl sites for hydroxylation is 1. The lowest BCUT2D eigenvalue weighted by atomic mass is 10.3. The molecule has 0 saturated carbocycles. The fourth-order valence-corrected chi connectivity index (χ4v) is 2.15. The number of hydrogen-bond acceptors (Lipinski definition) is 4. The molecule has 0 N–H and O–H groups in total. The predicted octanol–water partition coefficient (Wildman–Crippen LogP) is 2.67. The highest BCUT2D eigenvalue weighted by Crippen LogP contribution is 2.27. The zero-order chi connectivity index (χ0) is 9.26. The zero-order valence-corrected chi connectivity index (χ0v) is 9.26. The SMILES string of the molecule is Cc1ncc(-c2cnc(Br)s2)cn1. The van der Waals surface area contributed by atoms with E-state index in [1.165, 1.54) is 0 Å². The van der Waals surface area contributed by atoms with Crippen LogP contribution in [-0.4, -0.2) is 15.0 Å². The molecule has 0 unspecified atom stereocenters. The Balaban J connectivity index is 2.41. The number of nitrogens with zero attached hydrogens (tertiary/aromatic N) is 3. The van der Waals surface area contributed by atoms with Gasteiger partial charge in [0, 0.05) is 24.2 Å². The van der Waals surface area contributed by atoms with Gasteiger partial charge in [-0.05, 0) is 22.9 Å². The highest BCUT2D eigenvalue weighted by atomic mass is 79.9. The average molecular weight is 256 g/mol. The second kappa shape index (κ2) is 3.51. The van der Waals surface area contributed by atoms with Gasteiger partial charge in [-0.3, -0.25) is 0 Å². The molecule has 0 radical (unpaired) electrons. The first kappa shape index (κ1) is 8.77. The van der Waals surface area contributed by atoms with Crippen molar-refractivity contribution in [2.75, 3.05) is 0 Å². The molecular weight excluding hydrogens is 250 g/mol. The predicted molar refractivity (Wildman–Crippen MR) is 55.6 cm³/mol. The van der Waals surface area contributed by atoms with E-state index in [0.717, 1.165) is 20.2 Å². The smallest absolute Gasteiger partial charge is 0.159 e. The van der Waals surface area contributed by atoms with Crippen molar-refractivity contribution in [2.24, 2.45) is 0 Å². The van der Waals surface area contributed by atoms with Gasteiger partial charge in [-0.2, -0.15) is 0 Å². The Kier molecular flexibility index (Phi) is 2.37. The van der Waals surface area contributed by atoms with Crippen LogP contribution in [0.25, 0.3) is 10.4 Å². The van der Waals surface area contributed by atoms with E-state index in [1.807, 2.05) is 25.5 Å². The van der Waals surface area contributed by atoms with Gasteiger partial charge < -0.3 is 0 Å². The largest absolute Gasteiger partial charge is 0.241 e. The van der Waals surface area contributed by atoms with Gasteiger partial charge in [0.25, 0.3) is 0 Å². The number of thiazole rings is 1.